The van der Waals surface area contributed by atoms with Crippen LogP contribution in [0.3, 0.4) is 0 Å². The van der Waals surface area contributed by atoms with Crippen LogP contribution in [0.4, 0.5) is 0 Å². The lowest BCUT2D eigenvalue weighted by atomic mass is 10.1. The van der Waals surface area contributed by atoms with Gasteiger partial charge in [0.15, 0.2) is 0 Å². The number of halogens is 1. The van der Waals surface area contributed by atoms with E-state index in [1.54, 1.807) is 4.68 Å². The number of nitrogens with zero attached hydrogens (tertiary/aromatic N) is 3. The van der Waals surface area contributed by atoms with Crippen LogP contribution in [0.1, 0.15) is 31.1 Å². The molecular formula is C10H16ClN3O2. The number of carbonyl (C=O) groups excluding carboxylic acids is 1. The van der Waals surface area contributed by atoms with Crippen molar-refractivity contribution in [3.63, 3.8) is 0 Å². The van der Waals surface area contributed by atoms with Gasteiger partial charge < -0.3 is 0 Å². The number of carbonyl (C=O) groups is 1. The van der Waals surface area contributed by atoms with Gasteiger partial charge in [-0.1, -0.05) is 11.6 Å². The molecule has 0 saturated heterocycles. The Bertz CT molecular complexity index is 395. The molecule has 90 valence electrons. The molecule has 1 heterocycles. The van der Waals surface area contributed by atoms with Gasteiger partial charge in [-0.2, -0.15) is 5.10 Å². The van der Waals surface area contributed by atoms with Crippen LogP contribution < -0.4 is 0 Å². The number of amides is 1. The molecule has 0 unspecified atom stereocenters. The van der Waals surface area contributed by atoms with Gasteiger partial charge >= 0.3 is 0 Å². The van der Waals surface area contributed by atoms with E-state index in [-0.39, 0.29) is 11.4 Å². The van der Waals surface area contributed by atoms with Crippen LogP contribution in [0.5, 0.6) is 0 Å². The summed E-state index contributed by atoms with van der Waals surface area (Å²) >= 11 is 6.10. The largest absolute Gasteiger partial charge is 0.281 e. The van der Waals surface area contributed by atoms with Crippen molar-refractivity contribution in [3.8, 4) is 0 Å². The lowest BCUT2D eigenvalue weighted by Crippen LogP contribution is -2.26. The summed E-state index contributed by atoms with van der Waals surface area (Å²) in [6.45, 7) is 5.88. The summed E-state index contributed by atoms with van der Waals surface area (Å²) in [5.74, 6) is -0.317. The molecule has 1 aromatic heterocycles. The third kappa shape index (κ3) is 2.36. The molecule has 0 saturated carbocycles. The van der Waals surface area contributed by atoms with E-state index in [4.69, 9.17) is 16.4 Å². The zero-order chi connectivity index (χ0) is 12.5. The number of hydrogen-bond donors (Lipinski definition) is 0. The van der Waals surface area contributed by atoms with Crippen molar-refractivity contribution >= 4 is 17.5 Å². The molecule has 5 nitrogen and oxygen atoms in total. The van der Waals surface area contributed by atoms with Crippen LogP contribution >= 0.6 is 11.6 Å². The number of aromatic nitrogens is 2. The van der Waals surface area contributed by atoms with E-state index in [1.165, 1.54) is 20.4 Å². The lowest BCUT2D eigenvalue weighted by molar-refractivity contribution is -0.0757. The monoisotopic (exact) mass is 245 g/mol. The second-order valence-electron chi connectivity index (χ2n) is 4.42. The Labute approximate surface area is 99.9 Å². The van der Waals surface area contributed by atoms with Gasteiger partial charge in [0.2, 0.25) is 0 Å². The summed E-state index contributed by atoms with van der Waals surface area (Å²) in [6.07, 6.45) is 1.45. The van der Waals surface area contributed by atoms with E-state index in [0.717, 1.165) is 5.06 Å². The van der Waals surface area contributed by atoms with Gasteiger partial charge in [0.1, 0.15) is 5.15 Å². The minimum atomic E-state index is -0.317. The number of hydrogen-bond acceptors (Lipinski definition) is 3. The summed E-state index contributed by atoms with van der Waals surface area (Å²) in [4.78, 5) is 16.6. The summed E-state index contributed by atoms with van der Waals surface area (Å²) in [5.41, 5.74) is 0.0716. The molecule has 6 heteroatoms. The minimum Gasteiger partial charge on any atom is -0.274 e. The zero-order valence-electron chi connectivity index (χ0n) is 10.1. The summed E-state index contributed by atoms with van der Waals surface area (Å²) < 4.78 is 1.60. The van der Waals surface area contributed by atoms with Crippen molar-refractivity contribution in [2.45, 2.75) is 26.3 Å². The van der Waals surface area contributed by atoms with Gasteiger partial charge in [0.25, 0.3) is 5.91 Å². The standard InChI is InChI=1S/C10H16ClN3O2/c1-10(2,3)14-8(11)7(6-12-14)9(15)13(4)16-5/h6H,1-5H3. The Balaban J connectivity index is 3.10. The van der Waals surface area contributed by atoms with Crippen molar-refractivity contribution < 1.29 is 9.63 Å². The average molecular weight is 246 g/mol. The molecule has 1 amide bonds. The normalized spacial score (nSPS) is 11.6. The molecule has 0 atom stereocenters. The first-order valence-electron chi connectivity index (χ1n) is 4.85. The zero-order valence-corrected chi connectivity index (χ0v) is 10.9. The molecular weight excluding hydrogens is 230 g/mol. The van der Waals surface area contributed by atoms with Crippen molar-refractivity contribution in [2.24, 2.45) is 0 Å². The van der Waals surface area contributed by atoms with Gasteiger partial charge in [-0.15, -0.1) is 0 Å². The maximum absolute atomic E-state index is 11.8. The first kappa shape index (κ1) is 13.0. The van der Waals surface area contributed by atoms with Gasteiger partial charge in [0, 0.05) is 7.05 Å². The van der Waals surface area contributed by atoms with Gasteiger partial charge in [-0.05, 0) is 20.8 Å². The highest BCUT2D eigenvalue weighted by atomic mass is 35.5. The second kappa shape index (κ2) is 4.43. The minimum absolute atomic E-state index is 0.263. The molecule has 0 aliphatic heterocycles. The smallest absolute Gasteiger partial charge is 0.274 e. The van der Waals surface area contributed by atoms with E-state index in [9.17, 15) is 4.79 Å². The van der Waals surface area contributed by atoms with Gasteiger partial charge in [-0.3, -0.25) is 9.63 Å². The highest BCUT2D eigenvalue weighted by Crippen LogP contribution is 2.24. The van der Waals surface area contributed by atoms with E-state index in [0.29, 0.717) is 10.7 Å². The van der Waals surface area contributed by atoms with Crippen molar-refractivity contribution in [2.75, 3.05) is 14.2 Å². The molecule has 0 spiro atoms. The van der Waals surface area contributed by atoms with Crippen LogP contribution in [0.2, 0.25) is 5.15 Å². The first-order chi connectivity index (χ1) is 7.29. The van der Waals surface area contributed by atoms with E-state index in [1.807, 2.05) is 20.8 Å². The molecule has 0 bridgehead atoms. The molecule has 1 rings (SSSR count). The van der Waals surface area contributed by atoms with E-state index in [2.05, 4.69) is 5.10 Å². The first-order valence-corrected chi connectivity index (χ1v) is 5.23. The van der Waals surface area contributed by atoms with Crippen molar-refractivity contribution in [3.05, 3.63) is 16.9 Å². The lowest BCUT2D eigenvalue weighted by Gasteiger charge is -2.20. The summed E-state index contributed by atoms with van der Waals surface area (Å²) in [7, 11) is 2.94. The maximum atomic E-state index is 11.8. The molecule has 0 radical (unpaired) electrons. The summed E-state index contributed by atoms with van der Waals surface area (Å²) in [5, 5.41) is 5.53. The third-order valence-corrected chi connectivity index (χ3v) is 2.50. The topological polar surface area (TPSA) is 47.4 Å². The SMILES string of the molecule is CON(C)C(=O)c1cnn(C(C)(C)C)c1Cl. The third-order valence-electron chi connectivity index (χ3n) is 2.14. The average Bonchev–Trinajstić information content (AvgIpc) is 2.57. The second-order valence-corrected chi connectivity index (χ2v) is 4.77. The summed E-state index contributed by atoms with van der Waals surface area (Å²) in [6, 6.07) is 0. The molecule has 0 aromatic carbocycles. The molecule has 1 aromatic rings. The van der Waals surface area contributed by atoms with Crippen molar-refractivity contribution in [1.29, 1.82) is 0 Å². The highest BCUT2D eigenvalue weighted by molar-refractivity contribution is 6.32. The van der Waals surface area contributed by atoms with Gasteiger partial charge in [-0.25, -0.2) is 9.75 Å². The Morgan fingerprint density at radius 3 is 2.50 bits per heavy atom. The molecule has 0 fully saturated rings. The van der Waals surface area contributed by atoms with Crippen LogP contribution in [-0.2, 0) is 10.4 Å². The maximum Gasteiger partial charge on any atom is 0.281 e. The fourth-order valence-corrected chi connectivity index (χ4v) is 1.62. The Hall–Kier alpha value is -1.07. The molecule has 0 aliphatic rings. The predicted molar refractivity (Wildman–Crippen MR) is 61.3 cm³/mol. The Kier molecular flexibility index (Phi) is 3.60. The van der Waals surface area contributed by atoms with Crippen LogP contribution in [-0.4, -0.2) is 34.9 Å². The quantitative estimate of drug-likeness (QED) is 0.748. The number of rotatable bonds is 2. The van der Waals surface area contributed by atoms with Gasteiger partial charge in [0.05, 0.1) is 24.4 Å². The van der Waals surface area contributed by atoms with E-state index >= 15 is 0 Å². The van der Waals surface area contributed by atoms with Crippen LogP contribution in [0, 0.1) is 0 Å². The van der Waals surface area contributed by atoms with Crippen molar-refractivity contribution in [1.82, 2.24) is 14.8 Å². The highest BCUT2D eigenvalue weighted by Gasteiger charge is 2.24. The van der Waals surface area contributed by atoms with Crippen LogP contribution in [0.15, 0.2) is 6.20 Å². The Morgan fingerprint density at radius 1 is 1.56 bits per heavy atom. The Morgan fingerprint density at radius 2 is 2.12 bits per heavy atom. The molecule has 16 heavy (non-hydrogen) atoms. The number of hydroxylamine groups is 2. The predicted octanol–water partition coefficient (Wildman–Crippen LogP) is 1.92. The molecule has 0 aliphatic carbocycles. The fourth-order valence-electron chi connectivity index (χ4n) is 1.20. The fraction of sp³-hybridized carbons (Fsp3) is 0.600. The van der Waals surface area contributed by atoms with E-state index < -0.39 is 0 Å². The van der Waals surface area contributed by atoms with Crippen LogP contribution in [0.25, 0.3) is 0 Å². The molecule has 0 N–H and O–H groups in total.